The zero-order valence-electron chi connectivity index (χ0n) is 15.5. The molecule has 2 saturated carbocycles. The SMILES string of the molecule is COc1cc2c(cc1NC(C)=O)CC[C@@H]1[C@@H]2CC[C@]2(C)[C@@H](O)CC[C@@H]12. The summed E-state index contributed by atoms with van der Waals surface area (Å²) in [4.78, 5) is 11.5. The lowest BCUT2D eigenvalue weighted by Crippen LogP contribution is -2.43. The van der Waals surface area contributed by atoms with Gasteiger partial charge < -0.3 is 15.2 Å². The molecule has 1 aromatic carbocycles. The van der Waals surface area contributed by atoms with Gasteiger partial charge >= 0.3 is 0 Å². The van der Waals surface area contributed by atoms with Crippen molar-refractivity contribution in [2.24, 2.45) is 17.3 Å². The summed E-state index contributed by atoms with van der Waals surface area (Å²) < 4.78 is 5.56. The van der Waals surface area contributed by atoms with Crippen LogP contribution >= 0.6 is 0 Å². The van der Waals surface area contributed by atoms with Gasteiger partial charge in [0.15, 0.2) is 0 Å². The number of carbonyl (C=O) groups excluding carboxylic acids is 1. The maximum absolute atomic E-state index is 11.5. The smallest absolute Gasteiger partial charge is 0.221 e. The van der Waals surface area contributed by atoms with Crippen molar-refractivity contribution in [3.05, 3.63) is 23.3 Å². The fraction of sp³-hybridized carbons (Fsp3) is 0.667. The van der Waals surface area contributed by atoms with Gasteiger partial charge in [0.1, 0.15) is 5.75 Å². The van der Waals surface area contributed by atoms with E-state index in [0.29, 0.717) is 17.8 Å². The van der Waals surface area contributed by atoms with Gasteiger partial charge in [0.25, 0.3) is 0 Å². The normalized spacial score (nSPS) is 36.2. The zero-order chi connectivity index (χ0) is 17.8. The molecular formula is C21H29NO3. The first kappa shape index (κ1) is 16.9. The third-order valence-corrected chi connectivity index (χ3v) is 7.31. The summed E-state index contributed by atoms with van der Waals surface area (Å²) in [5.41, 5.74) is 3.65. The molecule has 0 aromatic heterocycles. The van der Waals surface area contributed by atoms with E-state index in [1.807, 2.05) is 0 Å². The molecule has 0 aliphatic heterocycles. The van der Waals surface area contributed by atoms with E-state index in [1.165, 1.54) is 24.5 Å². The Balaban J connectivity index is 1.70. The van der Waals surface area contributed by atoms with Crippen molar-refractivity contribution < 1.29 is 14.6 Å². The molecule has 4 nitrogen and oxygen atoms in total. The molecule has 1 aromatic rings. The van der Waals surface area contributed by atoms with Gasteiger partial charge in [-0.2, -0.15) is 0 Å². The topological polar surface area (TPSA) is 58.6 Å². The van der Waals surface area contributed by atoms with Gasteiger partial charge in [0.05, 0.1) is 18.9 Å². The van der Waals surface area contributed by atoms with E-state index in [0.717, 1.165) is 43.5 Å². The van der Waals surface area contributed by atoms with E-state index < -0.39 is 0 Å². The van der Waals surface area contributed by atoms with E-state index in [-0.39, 0.29) is 17.4 Å². The van der Waals surface area contributed by atoms with Gasteiger partial charge in [0, 0.05) is 6.92 Å². The van der Waals surface area contributed by atoms with Gasteiger partial charge in [-0.1, -0.05) is 6.92 Å². The van der Waals surface area contributed by atoms with Crippen LogP contribution in [-0.2, 0) is 11.2 Å². The molecule has 0 unspecified atom stereocenters. The second-order valence-corrected chi connectivity index (χ2v) is 8.49. The third kappa shape index (κ3) is 2.57. The van der Waals surface area contributed by atoms with Crippen LogP contribution in [0.5, 0.6) is 5.75 Å². The highest BCUT2D eigenvalue weighted by Crippen LogP contribution is 2.61. The van der Waals surface area contributed by atoms with Crippen LogP contribution in [0, 0.1) is 17.3 Å². The molecular weight excluding hydrogens is 314 g/mol. The Labute approximate surface area is 150 Å². The molecule has 136 valence electrons. The molecule has 0 spiro atoms. The van der Waals surface area contributed by atoms with Crippen LogP contribution in [0.2, 0.25) is 0 Å². The second-order valence-electron chi connectivity index (χ2n) is 8.49. The van der Waals surface area contributed by atoms with Crippen LogP contribution in [0.25, 0.3) is 0 Å². The molecule has 0 heterocycles. The summed E-state index contributed by atoms with van der Waals surface area (Å²) in [5.74, 6) is 2.55. The predicted octanol–water partition coefficient (Wildman–Crippen LogP) is 3.87. The van der Waals surface area contributed by atoms with Crippen LogP contribution in [0.15, 0.2) is 12.1 Å². The van der Waals surface area contributed by atoms with Crippen molar-refractivity contribution in [3.8, 4) is 5.75 Å². The lowest BCUT2D eigenvalue weighted by Gasteiger charge is -2.50. The lowest BCUT2D eigenvalue weighted by atomic mass is 9.55. The lowest BCUT2D eigenvalue weighted by molar-refractivity contribution is -0.114. The molecule has 3 aliphatic rings. The average Bonchev–Trinajstić information content (AvgIpc) is 2.89. The number of ether oxygens (including phenoxy) is 1. The molecule has 25 heavy (non-hydrogen) atoms. The minimum Gasteiger partial charge on any atom is -0.495 e. The first-order valence-corrected chi connectivity index (χ1v) is 9.60. The quantitative estimate of drug-likeness (QED) is 0.857. The van der Waals surface area contributed by atoms with Crippen molar-refractivity contribution >= 4 is 11.6 Å². The first-order chi connectivity index (χ1) is 11.9. The van der Waals surface area contributed by atoms with Crippen molar-refractivity contribution in [2.75, 3.05) is 12.4 Å². The maximum atomic E-state index is 11.5. The number of benzene rings is 1. The number of hydrogen-bond donors (Lipinski definition) is 2. The number of rotatable bonds is 2. The van der Waals surface area contributed by atoms with Gasteiger partial charge in [0.2, 0.25) is 5.91 Å². The highest BCUT2D eigenvalue weighted by atomic mass is 16.5. The number of aliphatic hydroxyl groups excluding tert-OH is 1. The molecule has 5 atom stereocenters. The first-order valence-electron chi connectivity index (χ1n) is 9.60. The number of amides is 1. The highest BCUT2D eigenvalue weighted by molar-refractivity contribution is 5.90. The average molecular weight is 343 g/mol. The molecule has 4 rings (SSSR count). The van der Waals surface area contributed by atoms with Gasteiger partial charge in [-0.05, 0) is 85.0 Å². The second kappa shape index (κ2) is 6.01. The van der Waals surface area contributed by atoms with Gasteiger partial charge in [-0.25, -0.2) is 0 Å². The fourth-order valence-electron chi connectivity index (χ4n) is 6.03. The highest BCUT2D eigenvalue weighted by Gasteiger charge is 2.54. The van der Waals surface area contributed by atoms with E-state index in [9.17, 15) is 9.90 Å². The molecule has 0 saturated heterocycles. The van der Waals surface area contributed by atoms with Crippen LogP contribution < -0.4 is 10.1 Å². The van der Waals surface area contributed by atoms with Crippen molar-refractivity contribution in [3.63, 3.8) is 0 Å². The number of carbonyl (C=O) groups is 1. The third-order valence-electron chi connectivity index (χ3n) is 7.31. The van der Waals surface area contributed by atoms with E-state index >= 15 is 0 Å². The minimum atomic E-state index is -0.128. The van der Waals surface area contributed by atoms with E-state index in [2.05, 4.69) is 24.4 Å². The Morgan fingerprint density at radius 3 is 2.80 bits per heavy atom. The Morgan fingerprint density at radius 1 is 1.28 bits per heavy atom. The minimum absolute atomic E-state index is 0.0692. The predicted molar refractivity (Wildman–Crippen MR) is 97.9 cm³/mol. The van der Waals surface area contributed by atoms with Crippen molar-refractivity contribution in [1.29, 1.82) is 0 Å². The number of aryl methyl sites for hydroxylation is 1. The van der Waals surface area contributed by atoms with Gasteiger partial charge in [-0.3, -0.25) is 4.79 Å². The summed E-state index contributed by atoms with van der Waals surface area (Å²) in [6, 6.07) is 4.27. The number of hydrogen-bond acceptors (Lipinski definition) is 3. The maximum Gasteiger partial charge on any atom is 0.221 e. The standard InChI is InChI=1S/C21H29NO3/c1-12(23)22-18-10-13-4-5-15-14(16(13)11-19(18)25-3)8-9-21(2)17(15)6-7-20(21)24/h10-11,14-15,17,20,24H,4-9H2,1-3H3,(H,22,23)/t14-,15+,17-,20-,21-/m0/s1. The summed E-state index contributed by atoms with van der Waals surface area (Å²) in [7, 11) is 1.67. The van der Waals surface area contributed by atoms with Crippen LogP contribution in [0.1, 0.15) is 63.0 Å². The van der Waals surface area contributed by atoms with E-state index in [4.69, 9.17) is 4.74 Å². The molecule has 0 radical (unpaired) electrons. The van der Waals surface area contributed by atoms with Crippen molar-refractivity contribution in [1.82, 2.24) is 0 Å². The summed E-state index contributed by atoms with van der Waals surface area (Å²) in [6.45, 7) is 3.84. The molecule has 4 heteroatoms. The number of nitrogens with one attached hydrogen (secondary N) is 1. The van der Waals surface area contributed by atoms with Crippen LogP contribution in [0.3, 0.4) is 0 Å². The Hall–Kier alpha value is -1.55. The molecule has 3 aliphatic carbocycles. The number of aliphatic hydroxyl groups is 1. The Bertz CT molecular complexity index is 701. The summed E-state index contributed by atoms with van der Waals surface area (Å²) in [6.07, 6.45) is 6.49. The Kier molecular flexibility index (Phi) is 4.06. The molecule has 1 amide bonds. The number of fused-ring (bicyclic) bond motifs is 5. The monoisotopic (exact) mass is 343 g/mol. The largest absolute Gasteiger partial charge is 0.495 e. The van der Waals surface area contributed by atoms with Crippen molar-refractivity contribution in [2.45, 2.75) is 64.4 Å². The van der Waals surface area contributed by atoms with Gasteiger partial charge in [-0.15, -0.1) is 0 Å². The molecule has 2 N–H and O–H groups in total. The van der Waals surface area contributed by atoms with E-state index in [1.54, 1.807) is 7.11 Å². The summed E-state index contributed by atoms with van der Waals surface area (Å²) >= 11 is 0. The summed E-state index contributed by atoms with van der Waals surface area (Å²) in [5, 5.41) is 13.4. The number of anilines is 1. The fourth-order valence-corrected chi connectivity index (χ4v) is 6.03. The van der Waals surface area contributed by atoms with Crippen LogP contribution in [0.4, 0.5) is 5.69 Å². The van der Waals surface area contributed by atoms with Crippen LogP contribution in [-0.4, -0.2) is 24.2 Å². The Morgan fingerprint density at radius 2 is 2.08 bits per heavy atom. The molecule has 0 bridgehead atoms. The zero-order valence-corrected chi connectivity index (χ0v) is 15.5. The molecule has 2 fully saturated rings. The number of methoxy groups -OCH3 is 1.